The molecule has 6 heteroatoms. The second-order valence-corrected chi connectivity index (χ2v) is 5.33. The summed E-state index contributed by atoms with van der Waals surface area (Å²) in [6, 6.07) is 2.18. The standard InChI is InChI=1S/C9H11Cl2N3S/c10-7-5-8(14-9(11)13-7)12-6-1-3-15-4-2-6/h5-6H,1-4H2,(H,12,13,14). The first-order valence-electron chi connectivity index (χ1n) is 4.78. The zero-order valence-electron chi connectivity index (χ0n) is 8.04. The lowest BCUT2D eigenvalue weighted by atomic mass is 10.1. The number of halogens is 2. The van der Waals surface area contributed by atoms with Crippen LogP contribution in [0.15, 0.2) is 6.07 Å². The van der Waals surface area contributed by atoms with Crippen molar-refractivity contribution < 1.29 is 0 Å². The highest BCUT2D eigenvalue weighted by atomic mass is 35.5. The van der Waals surface area contributed by atoms with Crippen molar-refractivity contribution in [2.45, 2.75) is 18.9 Å². The SMILES string of the molecule is Clc1cc(NC2CCSCC2)nc(Cl)n1. The number of aromatic nitrogens is 2. The molecule has 2 rings (SSSR count). The summed E-state index contributed by atoms with van der Waals surface area (Å²) in [7, 11) is 0. The third-order valence-corrected chi connectivity index (χ3v) is 3.65. The summed E-state index contributed by atoms with van der Waals surface area (Å²) >= 11 is 13.5. The quantitative estimate of drug-likeness (QED) is 0.658. The van der Waals surface area contributed by atoms with Crippen LogP contribution >= 0.6 is 35.0 Å². The molecule has 0 aliphatic carbocycles. The van der Waals surface area contributed by atoms with Crippen LogP contribution in [0.1, 0.15) is 12.8 Å². The molecule has 0 aromatic carbocycles. The number of anilines is 1. The van der Waals surface area contributed by atoms with Crippen LogP contribution in [-0.4, -0.2) is 27.5 Å². The van der Waals surface area contributed by atoms with Gasteiger partial charge in [-0.25, -0.2) is 9.97 Å². The van der Waals surface area contributed by atoms with Crippen molar-refractivity contribution >= 4 is 40.8 Å². The van der Waals surface area contributed by atoms with Crippen molar-refractivity contribution in [2.24, 2.45) is 0 Å². The summed E-state index contributed by atoms with van der Waals surface area (Å²) in [5.41, 5.74) is 0. The molecule has 1 aliphatic heterocycles. The first-order chi connectivity index (χ1) is 7.24. The van der Waals surface area contributed by atoms with Crippen LogP contribution in [0.2, 0.25) is 10.4 Å². The lowest BCUT2D eigenvalue weighted by molar-refractivity contribution is 0.663. The van der Waals surface area contributed by atoms with E-state index in [1.54, 1.807) is 6.07 Å². The fraction of sp³-hybridized carbons (Fsp3) is 0.556. The zero-order valence-corrected chi connectivity index (χ0v) is 10.4. The van der Waals surface area contributed by atoms with E-state index in [4.69, 9.17) is 23.2 Å². The molecule has 0 amide bonds. The fourth-order valence-corrected chi connectivity index (χ4v) is 3.03. The second kappa shape index (κ2) is 5.23. The third kappa shape index (κ3) is 3.40. The second-order valence-electron chi connectivity index (χ2n) is 3.38. The Kier molecular flexibility index (Phi) is 3.94. The highest BCUT2D eigenvalue weighted by molar-refractivity contribution is 7.99. The zero-order chi connectivity index (χ0) is 10.7. The number of nitrogens with zero attached hydrogens (tertiary/aromatic N) is 2. The molecule has 15 heavy (non-hydrogen) atoms. The van der Waals surface area contributed by atoms with Gasteiger partial charge in [-0.3, -0.25) is 0 Å². The van der Waals surface area contributed by atoms with Crippen molar-refractivity contribution in [3.63, 3.8) is 0 Å². The Hall–Kier alpha value is -0.190. The third-order valence-electron chi connectivity index (χ3n) is 2.24. The highest BCUT2D eigenvalue weighted by Crippen LogP contribution is 2.21. The molecule has 1 N–H and O–H groups in total. The van der Waals surface area contributed by atoms with Crippen LogP contribution < -0.4 is 5.32 Å². The molecule has 0 atom stereocenters. The maximum Gasteiger partial charge on any atom is 0.225 e. The number of thioether (sulfide) groups is 1. The molecule has 1 aromatic rings. The summed E-state index contributed by atoms with van der Waals surface area (Å²) in [5.74, 6) is 3.12. The maximum absolute atomic E-state index is 5.79. The predicted molar refractivity (Wildman–Crippen MR) is 66.0 cm³/mol. The number of nitrogens with one attached hydrogen (secondary N) is 1. The number of hydrogen-bond acceptors (Lipinski definition) is 4. The average Bonchev–Trinajstić information content (AvgIpc) is 2.17. The Morgan fingerprint density at radius 3 is 2.67 bits per heavy atom. The Bertz CT molecular complexity index is 322. The largest absolute Gasteiger partial charge is 0.367 e. The molecule has 82 valence electrons. The topological polar surface area (TPSA) is 37.8 Å². The fourth-order valence-electron chi connectivity index (χ4n) is 1.51. The van der Waals surface area contributed by atoms with Crippen molar-refractivity contribution in [1.29, 1.82) is 0 Å². The van der Waals surface area contributed by atoms with E-state index in [-0.39, 0.29) is 5.28 Å². The summed E-state index contributed by atoms with van der Waals surface area (Å²) in [6.45, 7) is 0. The van der Waals surface area contributed by atoms with E-state index in [0.717, 1.165) is 18.7 Å². The van der Waals surface area contributed by atoms with Gasteiger partial charge in [0.25, 0.3) is 0 Å². The summed E-state index contributed by atoms with van der Waals surface area (Å²) in [5, 5.41) is 3.90. The Morgan fingerprint density at radius 1 is 1.27 bits per heavy atom. The van der Waals surface area contributed by atoms with E-state index in [1.165, 1.54) is 11.5 Å². The van der Waals surface area contributed by atoms with Crippen LogP contribution in [0.5, 0.6) is 0 Å². The van der Waals surface area contributed by atoms with Crippen molar-refractivity contribution in [3.8, 4) is 0 Å². The van der Waals surface area contributed by atoms with Crippen LogP contribution in [-0.2, 0) is 0 Å². The average molecular weight is 264 g/mol. The smallest absolute Gasteiger partial charge is 0.225 e. The van der Waals surface area contributed by atoms with Crippen LogP contribution in [0.4, 0.5) is 5.82 Å². The molecule has 1 saturated heterocycles. The summed E-state index contributed by atoms with van der Waals surface area (Å²) in [6.07, 6.45) is 2.31. The van der Waals surface area contributed by atoms with Crippen molar-refractivity contribution in [2.75, 3.05) is 16.8 Å². The molecule has 1 aromatic heterocycles. The minimum Gasteiger partial charge on any atom is -0.367 e. The van der Waals surface area contributed by atoms with Gasteiger partial charge in [-0.1, -0.05) is 11.6 Å². The lowest BCUT2D eigenvalue weighted by Crippen LogP contribution is -2.25. The van der Waals surface area contributed by atoms with Crippen LogP contribution in [0.25, 0.3) is 0 Å². The predicted octanol–water partition coefficient (Wildman–Crippen LogP) is 3.09. The summed E-state index contributed by atoms with van der Waals surface area (Å²) in [4.78, 5) is 7.88. The van der Waals surface area contributed by atoms with Gasteiger partial charge in [-0.05, 0) is 35.9 Å². The molecule has 0 unspecified atom stereocenters. The van der Waals surface area contributed by atoms with Gasteiger partial charge in [0, 0.05) is 12.1 Å². The molecule has 0 radical (unpaired) electrons. The monoisotopic (exact) mass is 263 g/mol. The molecule has 2 heterocycles. The highest BCUT2D eigenvalue weighted by Gasteiger charge is 2.14. The normalized spacial score (nSPS) is 17.7. The van der Waals surface area contributed by atoms with E-state index >= 15 is 0 Å². The van der Waals surface area contributed by atoms with Gasteiger partial charge in [0.05, 0.1) is 0 Å². The molecular formula is C9H11Cl2N3S. The Balaban J connectivity index is 2.02. The van der Waals surface area contributed by atoms with Gasteiger partial charge in [0.1, 0.15) is 11.0 Å². The minimum atomic E-state index is 0.190. The first-order valence-corrected chi connectivity index (χ1v) is 6.69. The van der Waals surface area contributed by atoms with Gasteiger partial charge in [0.15, 0.2) is 0 Å². The van der Waals surface area contributed by atoms with Gasteiger partial charge in [-0.15, -0.1) is 0 Å². The van der Waals surface area contributed by atoms with Crippen molar-refractivity contribution in [3.05, 3.63) is 16.5 Å². The van der Waals surface area contributed by atoms with Crippen LogP contribution in [0, 0.1) is 0 Å². The van der Waals surface area contributed by atoms with Gasteiger partial charge in [0.2, 0.25) is 5.28 Å². The molecular weight excluding hydrogens is 253 g/mol. The van der Waals surface area contributed by atoms with Gasteiger partial charge >= 0.3 is 0 Å². The van der Waals surface area contributed by atoms with E-state index in [1.807, 2.05) is 11.8 Å². The first kappa shape index (κ1) is 11.3. The molecule has 0 bridgehead atoms. The van der Waals surface area contributed by atoms with Crippen LogP contribution in [0.3, 0.4) is 0 Å². The van der Waals surface area contributed by atoms with E-state index in [9.17, 15) is 0 Å². The molecule has 1 fully saturated rings. The number of rotatable bonds is 2. The van der Waals surface area contributed by atoms with E-state index < -0.39 is 0 Å². The Labute approximate surface area is 103 Å². The minimum absolute atomic E-state index is 0.190. The van der Waals surface area contributed by atoms with Gasteiger partial charge < -0.3 is 5.32 Å². The molecule has 3 nitrogen and oxygen atoms in total. The summed E-state index contributed by atoms with van der Waals surface area (Å²) < 4.78 is 0. The lowest BCUT2D eigenvalue weighted by Gasteiger charge is -2.22. The molecule has 0 saturated carbocycles. The molecule has 1 aliphatic rings. The Morgan fingerprint density at radius 2 is 2.00 bits per heavy atom. The molecule has 0 spiro atoms. The maximum atomic E-state index is 5.79. The number of hydrogen-bond donors (Lipinski definition) is 1. The van der Waals surface area contributed by atoms with E-state index in [2.05, 4.69) is 15.3 Å². The van der Waals surface area contributed by atoms with E-state index in [0.29, 0.717) is 11.2 Å². The van der Waals surface area contributed by atoms with Gasteiger partial charge in [-0.2, -0.15) is 11.8 Å². The van der Waals surface area contributed by atoms with Crippen molar-refractivity contribution in [1.82, 2.24) is 9.97 Å².